The zero-order valence-corrected chi connectivity index (χ0v) is 15.7. The molecule has 2 heterocycles. The van der Waals surface area contributed by atoms with Crippen molar-refractivity contribution in [1.29, 1.82) is 0 Å². The number of carbonyl (C=O) groups excluding carboxylic acids is 2. The van der Waals surface area contributed by atoms with Gasteiger partial charge in [-0.2, -0.15) is 0 Å². The van der Waals surface area contributed by atoms with Crippen LogP contribution in [0.15, 0.2) is 54.9 Å². The maximum absolute atomic E-state index is 12.7. The number of likely N-dealkylation sites (N-methyl/N-ethyl adjacent to an activating group) is 1. The van der Waals surface area contributed by atoms with Gasteiger partial charge >= 0.3 is 0 Å². The molecule has 7 heteroatoms. The van der Waals surface area contributed by atoms with Crippen molar-refractivity contribution < 1.29 is 14.3 Å². The van der Waals surface area contributed by atoms with Gasteiger partial charge in [-0.25, -0.2) is 4.98 Å². The number of hydrogen-bond acceptors (Lipinski definition) is 4. The van der Waals surface area contributed by atoms with Gasteiger partial charge in [0.05, 0.1) is 30.8 Å². The van der Waals surface area contributed by atoms with Crippen LogP contribution in [0.3, 0.4) is 0 Å². The van der Waals surface area contributed by atoms with Crippen molar-refractivity contribution in [3.05, 3.63) is 60.4 Å². The number of para-hydroxylation sites is 2. The van der Waals surface area contributed by atoms with Crippen LogP contribution >= 0.6 is 0 Å². The van der Waals surface area contributed by atoms with Crippen LogP contribution in [0.4, 0.5) is 0 Å². The van der Waals surface area contributed by atoms with Crippen LogP contribution in [0.2, 0.25) is 0 Å². The molecule has 0 N–H and O–H groups in total. The van der Waals surface area contributed by atoms with Crippen LogP contribution in [-0.4, -0.2) is 71.1 Å². The van der Waals surface area contributed by atoms with Gasteiger partial charge in [-0.1, -0.05) is 12.1 Å². The van der Waals surface area contributed by atoms with Gasteiger partial charge in [-0.3, -0.25) is 14.2 Å². The molecule has 4 rings (SSSR count). The Balaban J connectivity index is 1.45. The Morgan fingerprint density at radius 2 is 1.79 bits per heavy atom. The Morgan fingerprint density at radius 1 is 1.07 bits per heavy atom. The molecule has 144 valence electrons. The number of amides is 2. The molecular weight excluding hydrogens is 356 g/mol. The number of fused-ring (bicyclic) bond motifs is 1. The van der Waals surface area contributed by atoms with Crippen molar-refractivity contribution in [3.63, 3.8) is 0 Å². The van der Waals surface area contributed by atoms with Gasteiger partial charge in [0.1, 0.15) is 6.33 Å². The minimum absolute atomic E-state index is 0.0549. The van der Waals surface area contributed by atoms with Gasteiger partial charge in [0.2, 0.25) is 5.91 Å². The highest BCUT2D eigenvalue weighted by Crippen LogP contribution is 2.18. The predicted octanol–water partition coefficient (Wildman–Crippen LogP) is 1.96. The fourth-order valence-electron chi connectivity index (χ4n) is 3.34. The smallest absolute Gasteiger partial charge is 0.254 e. The Morgan fingerprint density at radius 3 is 2.54 bits per heavy atom. The first kappa shape index (κ1) is 18.2. The summed E-state index contributed by atoms with van der Waals surface area (Å²) in [6, 6.07) is 15.2. The Hall–Kier alpha value is -3.19. The number of hydrogen-bond donors (Lipinski definition) is 0. The highest BCUT2D eigenvalue weighted by Gasteiger charge is 2.21. The third kappa shape index (κ3) is 3.61. The molecule has 0 unspecified atom stereocenters. The Kier molecular flexibility index (Phi) is 5.08. The van der Waals surface area contributed by atoms with Crippen LogP contribution in [-0.2, 0) is 9.53 Å². The molecule has 0 radical (unpaired) electrons. The molecule has 1 aliphatic heterocycles. The molecule has 0 saturated carbocycles. The molecule has 0 atom stereocenters. The molecule has 0 spiro atoms. The van der Waals surface area contributed by atoms with E-state index in [-0.39, 0.29) is 18.4 Å². The minimum Gasteiger partial charge on any atom is -0.378 e. The van der Waals surface area contributed by atoms with Crippen LogP contribution in [0, 0.1) is 0 Å². The average Bonchev–Trinajstić information content (AvgIpc) is 3.18. The summed E-state index contributed by atoms with van der Waals surface area (Å²) in [6.45, 7) is 2.32. The summed E-state index contributed by atoms with van der Waals surface area (Å²) in [4.78, 5) is 32.6. The zero-order chi connectivity index (χ0) is 19.5. The largest absolute Gasteiger partial charge is 0.378 e. The lowest BCUT2D eigenvalue weighted by atomic mass is 10.1. The molecule has 2 amide bonds. The van der Waals surface area contributed by atoms with E-state index in [2.05, 4.69) is 4.98 Å². The third-order valence-corrected chi connectivity index (χ3v) is 4.93. The maximum Gasteiger partial charge on any atom is 0.254 e. The van der Waals surface area contributed by atoms with Crippen molar-refractivity contribution >= 4 is 22.8 Å². The SMILES string of the molecule is CN(CC(=O)N1CCOCC1)C(=O)c1ccc(-n2cnc3ccccc32)cc1. The molecule has 0 aliphatic carbocycles. The Labute approximate surface area is 163 Å². The molecule has 1 fully saturated rings. The van der Waals surface area contributed by atoms with E-state index < -0.39 is 0 Å². The van der Waals surface area contributed by atoms with E-state index in [0.29, 0.717) is 31.9 Å². The number of rotatable bonds is 4. The van der Waals surface area contributed by atoms with Gasteiger partial charge in [0.15, 0.2) is 0 Å². The molecule has 28 heavy (non-hydrogen) atoms. The molecule has 0 bridgehead atoms. The fourth-order valence-corrected chi connectivity index (χ4v) is 3.34. The lowest BCUT2D eigenvalue weighted by molar-refractivity contribution is -0.135. The van der Waals surface area contributed by atoms with E-state index >= 15 is 0 Å². The van der Waals surface area contributed by atoms with Crippen molar-refractivity contribution in [2.24, 2.45) is 0 Å². The minimum atomic E-state index is -0.177. The number of carbonyl (C=O) groups is 2. The Bertz CT molecular complexity index is 990. The van der Waals surface area contributed by atoms with Crippen LogP contribution < -0.4 is 0 Å². The lowest BCUT2D eigenvalue weighted by Crippen LogP contribution is -2.46. The first-order valence-electron chi connectivity index (χ1n) is 9.27. The lowest BCUT2D eigenvalue weighted by Gasteiger charge is -2.28. The average molecular weight is 378 g/mol. The maximum atomic E-state index is 12.7. The second kappa shape index (κ2) is 7.82. The topological polar surface area (TPSA) is 67.7 Å². The number of benzene rings is 2. The summed E-state index contributed by atoms with van der Waals surface area (Å²) in [5.74, 6) is -0.232. The number of ether oxygens (including phenoxy) is 1. The highest BCUT2D eigenvalue weighted by molar-refractivity contribution is 5.96. The highest BCUT2D eigenvalue weighted by atomic mass is 16.5. The second-order valence-electron chi connectivity index (χ2n) is 6.80. The number of morpholine rings is 1. The van der Waals surface area contributed by atoms with Gasteiger partial charge in [0, 0.05) is 31.4 Å². The van der Waals surface area contributed by atoms with Crippen LogP contribution in [0.25, 0.3) is 16.7 Å². The van der Waals surface area contributed by atoms with E-state index in [9.17, 15) is 9.59 Å². The molecule has 1 aromatic heterocycles. The van der Waals surface area contributed by atoms with E-state index in [1.807, 2.05) is 41.0 Å². The van der Waals surface area contributed by atoms with E-state index in [1.165, 1.54) is 4.90 Å². The summed E-state index contributed by atoms with van der Waals surface area (Å²) in [5.41, 5.74) is 3.40. The summed E-state index contributed by atoms with van der Waals surface area (Å²) >= 11 is 0. The monoisotopic (exact) mass is 378 g/mol. The molecular formula is C21H22N4O3. The first-order valence-corrected chi connectivity index (χ1v) is 9.27. The summed E-state index contributed by atoms with van der Waals surface area (Å²) in [5, 5.41) is 0. The van der Waals surface area contributed by atoms with E-state index in [0.717, 1.165) is 16.7 Å². The van der Waals surface area contributed by atoms with E-state index in [1.54, 1.807) is 30.4 Å². The summed E-state index contributed by atoms with van der Waals surface area (Å²) < 4.78 is 7.24. The van der Waals surface area contributed by atoms with Crippen molar-refractivity contribution in [2.45, 2.75) is 0 Å². The van der Waals surface area contributed by atoms with E-state index in [4.69, 9.17) is 4.74 Å². The predicted molar refractivity (Wildman–Crippen MR) is 105 cm³/mol. The first-order chi connectivity index (χ1) is 13.6. The number of nitrogens with zero attached hydrogens (tertiary/aromatic N) is 4. The standard InChI is InChI=1S/C21H22N4O3/c1-23(14-20(26)24-10-12-28-13-11-24)21(27)16-6-8-17(9-7-16)25-15-22-18-4-2-3-5-19(18)25/h2-9,15H,10-14H2,1H3. The van der Waals surface area contributed by atoms with Gasteiger partial charge in [-0.05, 0) is 36.4 Å². The second-order valence-corrected chi connectivity index (χ2v) is 6.80. The molecule has 2 aromatic carbocycles. The van der Waals surface area contributed by atoms with Crippen LogP contribution in [0.5, 0.6) is 0 Å². The van der Waals surface area contributed by atoms with Gasteiger partial charge < -0.3 is 14.5 Å². The van der Waals surface area contributed by atoms with Crippen molar-refractivity contribution in [1.82, 2.24) is 19.4 Å². The number of imidazole rings is 1. The summed E-state index contributed by atoms with van der Waals surface area (Å²) in [6.07, 6.45) is 1.77. The normalized spacial score (nSPS) is 14.2. The third-order valence-electron chi connectivity index (χ3n) is 4.93. The van der Waals surface area contributed by atoms with Crippen molar-refractivity contribution in [3.8, 4) is 5.69 Å². The fraction of sp³-hybridized carbons (Fsp3) is 0.286. The molecule has 1 saturated heterocycles. The molecule has 3 aromatic rings. The zero-order valence-electron chi connectivity index (χ0n) is 15.7. The number of aromatic nitrogens is 2. The van der Waals surface area contributed by atoms with Crippen molar-refractivity contribution in [2.75, 3.05) is 39.9 Å². The van der Waals surface area contributed by atoms with Crippen LogP contribution in [0.1, 0.15) is 10.4 Å². The van der Waals surface area contributed by atoms with Gasteiger partial charge in [0.25, 0.3) is 5.91 Å². The summed E-state index contributed by atoms with van der Waals surface area (Å²) in [7, 11) is 1.65. The molecule has 1 aliphatic rings. The van der Waals surface area contributed by atoms with Gasteiger partial charge in [-0.15, -0.1) is 0 Å². The quantitative estimate of drug-likeness (QED) is 0.696. The molecule has 7 nitrogen and oxygen atoms in total.